The van der Waals surface area contributed by atoms with Crippen LogP contribution in [0.15, 0.2) is 96.0 Å². The van der Waals surface area contributed by atoms with Crippen molar-refractivity contribution in [2.24, 2.45) is 4.99 Å². The predicted octanol–water partition coefficient (Wildman–Crippen LogP) is 4.69. The highest BCUT2D eigenvalue weighted by Crippen LogP contribution is 2.28. The van der Waals surface area contributed by atoms with Gasteiger partial charge in [-0.15, -0.1) is 0 Å². The Balaban J connectivity index is 1.66. The molecule has 0 bridgehead atoms. The molecule has 1 aliphatic heterocycles. The normalized spacial score (nSPS) is 16.9. The van der Waals surface area contributed by atoms with Crippen molar-refractivity contribution in [1.82, 2.24) is 4.90 Å². The van der Waals surface area contributed by atoms with E-state index in [1.165, 1.54) is 16.7 Å². The molecule has 1 heterocycles. The molecule has 0 fully saturated rings. The molecular weight excluding hydrogens is 292 g/mol. The second-order valence-electron chi connectivity index (χ2n) is 6.11. The summed E-state index contributed by atoms with van der Waals surface area (Å²) in [6, 6.07) is 31.9. The molecule has 0 aromatic heterocycles. The minimum Gasteiger partial charge on any atom is -0.350 e. The van der Waals surface area contributed by atoms with E-state index in [1.807, 2.05) is 0 Å². The lowest BCUT2D eigenvalue weighted by molar-refractivity contribution is 0.422. The Morgan fingerprint density at radius 1 is 0.750 bits per heavy atom. The van der Waals surface area contributed by atoms with Crippen LogP contribution in [0.2, 0.25) is 0 Å². The highest BCUT2D eigenvalue weighted by Gasteiger charge is 2.27. The van der Waals surface area contributed by atoms with Gasteiger partial charge in [-0.2, -0.15) is 0 Å². The highest BCUT2D eigenvalue weighted by atomic mass is 15.3. The molecule has 0 amide bonds. The topological polar surface area (TPSA) is 15.6 Å². The average Bonchev–Trinajstić information content (AvgIpc) is 3.08. The van der Waals surface area contributed by atoms with E-state index in [0.717, 1.165) is 18.9 Å². The molecule has 0 radical (unpaired) electrons. The Morgan fingerprint density at radius 2 is 1.33 bits per heavy atom. The highest BCUT2D eigenvalue weighted by molar-refractivity contribution is 6.00. The van der Waals surface area contributed by atoms with E-state index in [2.05, 4.69) is 95.9 Å². The summed E-state index contributed by atoms with van der Waals surface area (Å²) >= 11 is 0. The summed E-state index contributed by atoms with van der Waals surface area (Å²) in [5.74, 6) is 1.09. The molecule has 2 heteroatoms. The molecule has 0 N–H and O–H groups in total. The van der Waals surface area contributed by atoms with E-state index in [4.69, 9.17) is 4.99 Å². The van der Waals surface area contributed by atoms with E-state index in [9.17, 15) is 0 Å². The molecule has 0 aliphatic carbocycles. The summed E-state index contributed by atoms with van der Waals surface area (Å²) < 4.78 is 0. The SMILES string of the molecule is c1ccc(CN2CC(c3ccccc3)N=C2c2ccccc2)cc1. The molecule has 1 atom stereocenters. The Bertz CT molecular complexity index is 810. The van der Waals surface area contributed by atoms with Gasteiger partial charge >= 0.3 is 0 Å². The molecule has 118 valence electrons. The van der Waals surface area contributed by atoms with Gasteiger partial charge in [-0.3, -0.25) is 4.99 Å². The first-order valence-corrected chi connectivity index (χ1v) is 8.37. The minimum absolute atomic E-state index is 0.199. The van der Waals surface area contributed by atoms with Gasteiger partial charge < -0.3 is 4.90 Å². The fourth-order valence-electron chi connectivity index (χ4n) is 3.21. The maximum absolute atomic E-state index is 5.05. The minimum atomic E-state index is 0.199. The van der Waals surface area contributed by atoms with Crippen LogP contribution in [-0.4, -0.2) is 17.3 Å². The van der Waals surface area contributed by atoms with E-state index >= 15 is 0 Å². The Kier molecular flexibility index (Phi) is 4.11. The Hall–Kier alpha value is -2.87. The molecule has 0 saturated heterocycles. The zero-order valence-corrected chi connectivity index (χ0v) is 13.5. The van der Waals surface area contributed by atoms with Crippen molar-refractivity contribution in [3.05, 3.63) is 108 Å². The maximum Gasteiger partial charge on any atom is 0.131 e. The molecule has 2 nitrogen and oxygen atoms in total. The third-order valence-electron chi connectivity index (χ3n) is 4.40. The molecule has 24 heavy (non-hydrogen) atoms. The molecule has 3 aromatic carbocycles. The standard InChI is InChI=1S/C22H20N2/c1-4-10-18(11-5-1)16-24-17-21(19-12-6-2-7-13-19)23-22(24)20-14-8-3-9-15-20/h1-15,21H,16-17H2. The number of benzene rings is 3. The number of rotatable bonds is 4. The van der Waals surface area contributed by atoms with Crippen molar-refractivity contribution >= 4 is 5.84 Å². The number of hydrogen-bond donors (Lipinski definition) is 0. The second-order valence-corrected chi connectivity index (χ2v) is 6.11. The van der Waals surface area contributed by atoms with Crippen molar-refractivity contribution in [3.63, 3.8) is 0 Å². The molecule has 1 unspecified atom stereocenters. The number of hydrogen-bond acceptors (Lipinski definition) is 2. The fraction of sp³-hybridized carbons (Fsp3) is 0.136. The van der Waals surface area contributed by atoms with Crippen molar-refractivity contribution in [2.45, 2.75) is 12.6 Å². The van der Waals surface area contributed by atoms with Crippen LogP contribution in [0.25, 0.3) is 0 Å². The fourth-order valence-corrected chi connectivity index (χ4v) is 3.21. The average molecular weight is 312 g/mol. The molecule has 0 spiro atoms. The van der Waals surface area contributed by atoms with Gasteiger partial charge in [0.2, 0.25) is 0 Å². The van der Waals surface area contributed by atoms with Crippen LogP contribution in [0.4, 0.5) is 0 Å². The van der Waals surface area contributed by atoms with Crippen LogP contribution < -0.4 is 0 Å². The van der Waals surface area contributed by atoms with Crippen LogP contribution in [0, 0.1) is 0 Å². The lowest BCUT2D eigenvalue weighted by atomic mass is 10.1. The maximum atomic E-state index is 5.05. The predicted molar refractivity (Wildman–Crippen MR) is 99.0 cm³/mol. The van der Waals surface area contributed by atoms with Crippen molar-refractivity contribution in [1.29, 1.82) is 0 Å². The van der Waals surface area contributed by atoms with E-state index < -0.39 is 0 Å². The number of aliphatic imine (C=N–C) groups is 1. The Labute approximate surface area is 143 Å². The number of amidine groups is 1. The van der Waals surface area contributed by atoms with Gasteiger partial charge in [0.05, 0.1) is 6.04 Å². The van der Waals surface area contributed by atoms with Crippen LogP contribution in [0.3, 0.4) is 0 Å². The van der Waals surface area contributed by atoms with Gasteiger partial charge in [-0.25, -0.2) is 0 Å². The van der Waals surface area contributed by atoms with Crippen molar-refractivity contribution in [2.75, 3.05) is 6.54 Å². The first kappa shape index (κ1) is 14.7. The van der Waals surface area contributed by atoms with Gasteiger partial charge in [0.15, 0.2) is 0 Å². The van der Waals surface area contributed by atoms with Crippen LogP contribution in [0.1, 0.15) is 22.7 Å². The van der Waals surface area contributed by atoms with Gasteiger partial charge in [-0.1, -0.05) is 91.0 Å². The molecule has 1 aliphatic rings. The van der Waals surface area contributed by atoms with Crippen LogP contribution in [-0.2, 0) is 6.54 Å². The molecular formula is C22H20N2. The summed E-state index contributed by atoms with van der Waals surface area (Å²) in [6.07, 6.45) is 0. The lowest BCUT2D eigenvalue weighted by Crippen LogP contribution is -2.28. The molecule has 3 aromatic rings. The summed E-state index contributed by atoms with van der Waals surface area (Å²) in [7, 11) is 0. The van der Waals surface area contributed by atoms with E-state index in [1.54, 1.807) is 0 Å². The quantitative estimate of drug-likeness (QED) is 0.682. The van der Waals surface area contributed by atoms with Crippen molar-refractivity contribution in [3.8, 4) is 0 Å². The van der Waals surface area contributed by atoms with Gasteiger partial charge in [0.25, 0.3) is 0 Å². The third-order valence-corrected chi connectivity index (χ3v) is 4.40. The summed E-state index contributed by atoms with van der Waals surface area (Å²) in [4.78, 5) is 7.44. The zero-order valence-electron chi connectivity index (χ0n) is 13.5. The smallest absolute Gasteiger partial charge is 0.131 e. The summed E-state index contributed by atoms with van der Waals surface area (Å²) in [6.45, 7) is 1.81. The lowest BCUT2D eigenvalue weighted by Gasteiger charge is -2.21. The summed E-state index contributed by atoms with van der Waals surface area (Å²) in [5.41, 5.74) is 3.78. The van der Waals surface area contributed by atoms with E-state index in [-0.39, 0.29) is 6.04 Å². The first-order chi connectivity index (χ1) is 11.9. The molecule has 4 rings (SSSR count). The Morgan fingerprint density at radius 3 is 2.00 bits per heavy atom. The van der Waals surface area contributed by atoms with Crippen LogP contribution >= 0.6 is 0 Å². The third kappa shape index (κ3) is 3.09. The van der Waals surface area contributed by atoms with Gasteiger partial charge in [-0.05, 0) is 11.1 Å². The first-order valence-electron chi connectivity index (χ1n) is 8.37. The molecule has 0 saturated carbocycles. The van der Waals surface area contributed by atoms with Gasteiger partial charge in [0, 0.05) is 18.7 Å². The summed E-state index contributed by atoms with van der Waals surface area (Å²) in [5, 5.41) is 0. The second kappa shape index (κ2) is 6.71. The largest absolute Gasteiger partial charge is 0.350 e. The van der Waals surface area contributed by atoms with Gasteiger partial charge in [0.1, 0.15) is 5.84 Å². The van der Waals surface area contributed by atoms with Crippen molar-refractivity contribution < 1.29 is 0 Å². The van der Waals surface area contributed by atoms with Crippen LogP contribution in [0.5, 0.6) is 0 Å². The monoisotopic (exact) mass is 312 g/mol. The van der Waals surface area contributed by atoms with E-state index in [0.29, 0.717) is 0 Å². The zero-order chi connectivity index (χ0) is 16.2. The number of nitrogens with zero attached hydrogens (tertiary/aromatic N) is 2.